The predicted octanol–water partition coefficient (Wildman–Crippen LogP) is 5.11. The van der Waals surface area contributed by atoms with Crippen molar-refractivity contribution in [1.29, 1.82) is 0 Å². The fraction of sp³-hybridized carbons (Fsp3) is 0. The van der Waals surface area contributed by atoms with Gasteiger partial charge in [0.2, 0.25) is 5.43 Å². The van der Waals surface area contributed by atoms with Crippen molar-refractivity contribution < 1.29 is 14.5 Å². The third-order valence-electron chi connectivity index (χ3n) is 6.25. The standard InChI is InChI=1S/C27H15N3O5/c31-25-14-6-1-2-7-15(14)26(32)22-17(25)9-5-11-19(22)29-21-13-12-20-23(24(21)30(34)35)27(33)16-8-3-4-10-18(16)28-20/h1-13,29H,(H,28,33). The van der Waals surface area contributed by atoms with Crippen LogP contribution >= 0.6 is 0 Å². The molecule has 1 aliphatic rings. The van der Waals surface area contributed by atoms with Crippen LogP contribution in [0.25, 0.3) is 21.8 Å². The molecule has 0 radical (unpaired) electrons. The molecule has 0 spiro atoms. The minimum Gasteiger partial charge on any atom is -0.354 e. The Labute approximate surface area is 197 Å². The van der Waals surface area contributed by atoms with Gasteiger partial charge in [-0.25, -0.2) is 0 Å². The summed E-state index contributed by atoms with van der Waals surface area (Å²) in [6.45, 7) is 0. The van der Waals surface area contributed by atoms with Gasteiger partial charge in [-0.15, -0.1) is 0 Å². The van der Waals surface area contributed by atoms with E-state index in [-0.39, 0.29) is 45.0 Å². The zero-order valence-corrected chi connectivity index (χ0v) is 18.0. The largest absolute Gasteiger partial charge is 0.354 e. The number of aromatic nitrogens is 1. The maximum atomic E-state index is 13.3. The molecule has 5 aromatic rings. The van der Waals surface area contributed by atoms with Crippen LogP contribution in [-0.2, 0) is 0 Å². The van der Waals surface area contributed by atoms with Gasteiger partial charge in [0.15, 0.2) is 11.6 Å². The molecule has 0 saturated heterocycles. The molecule has 1 heterocycles. The number of H-pyrrole nitrogens is 1. The van der Waals surface area contributed by atoms with E-state index in [1.807, 2.05) is 0 Å². The molecule has 0 saturated carbocycles. The molecule has 35 heavy (non-hydrogen) atoms. The molecule has 8 nitrogen and oxygen atoms in total. The number of carbonyl (C=O) groups is 2. The highest BCUT2D eigenvalue weighted by molar-refractivity contribution is 6.30. The number of nitro benzene ring substituents is 1. The molecular formula is C27H15N3O5. The summed E-state index contributed by atoms with van der Waals surface area (Å²) < 4.78 is 0. The number of rotatable bonds is 3. The summed E-state index contributed by atoms with van der Waals surface area (Å²) in [6.07, 6.45) is 0. The van der Waals surface area contributed by atoms with Crippen LogP contribution in [0.15, 0.2) is 83.7 Å². The van der Waals surface area contributed by atoms with Crippen molar-refractivity contribution in [1.82, 2.24) is 4.98 Å². The summed E-state index contributed by atoms with van der Waals surface area (Å²) in [5.74, 6) is -0.652. The van der Waals surface area contributed by atoms with E-state index in [2.05, 4.69) is 10.3 Å². The summed E-state index contributed by atoms with van der Waals surface area (Å²) in [6, 6.07) is 21.1. The molecule has 168 valence electrons. The normalized spacial score (nSPS) is 12.5. The van der Waals surface area contributed by atoms with Crippen LogP contribution in [-0.4, -0.2) is 21.5 Å². The third-order valence-corrected chi connectivity index (χ3v) is 6.25. The Bertz CT molecular complexity index is 1820. The number of para-hydroxylation sites is 1. The van der Waals surface area contributed by atoms with E-state index >= 15 is 0 Å². The highest BCUT2D eigenvalue weighted by Gasteiger charge is 2.32. The predicted molar refractivity (Wildman–Crippen MR) is 132 cm³/mol. The second-order valence-corrected chi connectivity index (χ2v) is 8.20. The first kappa shape index (κ1) is 20.5. The van der Waals surface area contributed by atoms with Gasteiger partial charge in [-0.1, -0.05) is 48.5 Å². The van der Waals surface area contributed by atoms with Crippen molar-refractivity contribution in [2.75, 3.05) is 5.32 Å². The molecule has 1 aromatic heterocycles. The minimum atomic E-state index is -0.619. The summed E-state index contributed by atoms with van der Waals surface area (Å²) in [4.78, 5) is 54.2. The molecule has 0 bridgehead atoms. The Kier molecular flexibility index (Phi) is 4.37. The number of nitro groups is 1. The van der Waals surface area contributed by atoms with Gasteiger partial charge in [0.1, 0.15) is 11.1 Å². The molecule has 6 rings (SSSR count). The summed E-state index contributed by atoms with van der Waals surface area (Å²) in [7, 11) is 0. The first-order valence-corrected chi connectivity index (χ1v) is 10.8. The molecule has 0 aliphatic heterocycles. The number of ketones is 2. The lowest BCUT2D eigenvalue weighted by atomic mass is 9.83. The van der Waals surface area contributed by atoms with Gasteiger partial charge in [0, 0.05) is 27.6 Å². The average molecular weight is 461 g/mol. The van der Waals surface area contributed by atoms with Gasteiger partial charge in [-0.3, -0.25) is 24.5 Å². The van der Waals surface area contributed by atoms with Crippen molar-refractivity contribution in [3.8, 4) is 0 Å². The van der Waals surface area contributed by atoms with Crippen LogP contribution in [0, 0.1) is 10.1 Å². The summed E-state index contributed by atoms with van der Waals surface area (Å²) in [5.41, 5.74) is 1.23. The van der Waals surface area contributed by atoms with E-state index in [0.717, 1.165) is 0 Å². The van der Waals surface area contributed by atoms with Crippen LogP contribution in [0.3, 0.4) is 0 Å². The summed E-state index contributed by atoms with van der Waals surface area (Å²) in [5, 5.41) is 15.4. The topological polar surface area (TPSA) is 122 Å². The lowest BCUT2D eigenvalue weighted by molar-refractivity contribution is -0.382. The maximum absolute atomic E-state index is 13.3. The van der Waals surface area contributed by atoms with Gasteiger partial charge in [-0.05, 0) is 30.3 Å². The van der Waals surface area contributed by atoms with Crippen LogP contribution in [0.2, 0.25) is 0 Å². The number of carbonyl (C=O) groups excluding carboxylic acids is 2. The fourth-order valence-corrected chi connectivity index (χ4v) is 4.68. The molecule has 8 heteroatoms. The zero-order chi connectivity index (χ0) is 24.3. The van der Waals surface area contributed by atoms with Crippen LogP contribution in [0.5, 0.6) is 0 Å². The fourth-order valence-electron chi connectivity index (χ4n) is 4.68. The van der Waals surface area contributed by atoms with Gasteiger partial charge in [0.05, 0.1) is 21.7 Å². The molecule has 0 unspecified atom stereocenters. The zero-order valence-electron chi connectivity index (χ0n) is 18.0. The van der Waals surface area contributed by atoms with Crippen molar-refractivity contribution in [3.63, 3.8) is 0 Å². The number of benzene rings is 4. The van der Waals surface area contributed by atoms with E-state index in [1.165, 1.54) is 6.07 Å². The third kappa shape index (κ3) is 2.97. The number of fused-ring (bicyclic) bond motifs is 4. The van der Waals surface area contributed by atoms with Crippen molar-refractivity contribution in [3.05, 3.63) is 121 Å². The van der Waals surface area contributed by atoms with Gasteiger partial charge in [0.25, 0.3) is 0 Å². The highest BCUT2D eigenvalue weighted by Crippen LogP contribution is 2.37. The molecule has 0 amide bonds. The molecule has 1 aliphatic carbocycles. The summed E-state index contributed by atoms with van der Waals surface area (Å²) >= 11 is 0. The molecule has 4 aromatic carbocycles. The lowest BCUT2D eigenvalue weighted by Gasteiger charge is -2.20. The van der Waals surface area contributed by atoms with Crippen molar-refractivity contribution >= 4 is 50.4 Å². The van der Waals surface area contributed by atoms with Gasteiger partial charge in [-0.2, -0.15) is 0 Å². The second kappa shape index (κ2) is 7.46. The van der Waals surface area contributed by atoms with E-state index in [4.69, 9.17) is 0 Å². The Balaban J connectivity index is 1.57. The number of hydrogen-bond donors (Lipinski definition) is 2. The number of hydrogen-bond acceptors (Lipinski definition) is 6. The smallest absolute Gasteiger partial charge is 0.305 e. The van der Waals surface area contributed by atoms with E-state index < -0.39 is 16.0 Å². The van der Waals surface area contributed by atoms with E-state index in [9.17, 15) is 24.5 Å². The van der Waals surface area contributed by atoms with E-state index in [0.29, 0.717) is 22.0 Å². The van der Waals surface area contributed by atoms with Crippen LogP contribution in [0.1, 0.15) is 31.8 Å². The van der Waals surface area contributed by atoms with Crippen LogP contribution in [0.4, 0.5) is 17.1 Å². The minimum absolute atomic E-state index is 0.0378. The number of nitrogens with one attached hydrogen (secondary N) is 2. The number of anilines is 2. The molecule has 0 fully saturated rings. The Hall–Kier alpha value is -5.11. The highest BCUT2D eigenvalue weighted by atomic mass is 16.6. The number of pyridine rings is 1. The lowest BCUT2D eigenvalue weighted by Crippen LogP contribution is -2.22. The maximum Gasteiger partial charge on any atom is 0.305 e. The Morgan fingerprint density at radius 2 is 1.37 bits per heavy atom. The first-order chi connectivity index (χ1) is 17.0. The van der Waals surface area contributed by atoms with Crippen LogP contribution < -0.4 is 10.7 Å². The van der Waals surface area contributed by atoms with Crippen molar-refractivity contribution in [2.45, 2.75) is 0 Å². The first-order valence-electron chi connectivity index (χ1n) is 10.8. The average Bonchev–Trinajstić information content (AvgIpc) is 2.87. The molecular weight excluding hydrogens is 446 g/mol. The quantitative estimate of drug-likeness (QED) is 0.215. The molecule has 0 atom stereocenters. The SMILES string of the molecule is O=C1c2ccccc2C(=O)c2c(Nc3ccc4[nH]c5ccccc5c(=O)c4c3[N+](=O)[O-])cccc21. The van der Waals surface area contributed by atoms with Crippen molar-refractivity contribution in [2.24, 2.45) is 0 Å². The monoisotopic (exact) mass is 461 g/mol. The Morgan fingerprint density at radius 1 is 0.686 bits per heavy atom. The molecule has 2 N–H and O–H groups in total. The number of nitrogens with zero attached hydrogens (tertiary/aromatic N) is 1. The van der Waals surface area contributed by atoms with E-state index in [1.54, 1.807) is 72.8 Å². The van der Waals surface area contributed by atoms with Gasteiger partial charge < -0.3 is 10.3 Å². The van der Waals surface area contributed by atoms with Gasteiger partial charge >= 0.3 is 5.69 Å². The second-order valence-electron chi connectivity index (χ2n) is 8.20. The number of aromatic amines is 1. The Morgan fingerprint density at radius 3 is 2.14 bits per heavy atom.